The van der Waals surface area contributed by atoms with Crippen molar-refractivity contribution in [3.63, 3.8) is 0 Å². The fourth-order valence-electron chi connectivity index (χ4n) is 3.92. The monoisotopic (exact) mass is 340 g/mol. The van der Waals surface area contributed by atoms with Crippen LogP contribution in [-0.2, 0) is 9.53 Å². The summed E-state index contributed by atoms with van der Waals surface area (Å²) in [7, 11) is 0. The van der Waals surface area contributed by atoms with Gasteiger partial charge in [-0.05, 0) is 87.5 Å². The third-order valence-electron chi connectivity index (χ3n) is 5.50. The minimum atomic E-state index is -0.278. The van der Waals surface area contributed by atoms with Gasteiger partial charge in [0.1, 0.15) is 0 Å². The van der Waals surface area contributed by atoms with Crippen LogP contribution in [0.5, 0.6) is 0 Å². The van der Waals surface area contributed by atoms with Crippen LogP contribution in [0.4, 0.5) is 0 Å². The molecule has 0 saturated carbocycles. The summed E-state index contributed by atoms with van der Waals surface area (Å²) >= 11 is 0. The lowest BCUT2D eigenvalue weighted by Gasteiger charge is -2.40. The van der Waals surface area contributed by atoms with Gasteiger partial charge in [0.05, 0.1) is 6.61 Å². The van der Waals surface area contributed by atoms with Crippen molar-refractivity contribution in [2.75, 3.05) is 6.61 Å². The van der Waals surface area contributed by atoms with Crippen LogP contribution in [0, 0.1) is 5.41 Å². The van der Waals surface area contributed by atoms with Gasteiger partial charge in [-0.15, -0.1) is 0 Å². The normalized spacial score (nSPS) is 25.1. The smallest absolute Gasteiger partial charge is 0.330 e. The number of rotatable bonds is 5. The molecule has 0 bridgehead atoms. The van der Waals surface area contributed by atoms with Gasteiger partial charge in [0.25, 0.3) is 0 Å². The van der Waals surface area contributed by atoms with E-state index in [1.165, 1.54) is 42.9 Å². The maximum atomic E-state index is 11.4. The van der Waals surface area contributed by atoms with Crippen LogP contribution < -0.4 is 0 Å². The second-order valence-electron chi connectivity index (χ2n) is 7.63. The van der Waals surface area contributed by atoms with E-state index in [2.05, 4.69) is 32.9 Å². The molecule has 0 N–H and O–H groups in total. The summed E-state index contributed by atoms with van der Waals surface area (Å²) in [5.74, 6) is -0.278. The molecule has 0 aliphatic heterocycles. The number of esters is 1. The minimum absolute atomic E-state index is 0.278. The molecule has 2 nitrogen and oxygen atoms in total. The van der Waals surface area contributed by atoms with Crippen LogP contribution in [0.1, 0.15) is 66.7 Å². The van der Waals surface area contributed by atoms with Gasteiger partial charge in [-0.1, -0.05) is 36.8 Å². The SMILES string of the molecule is CCOC(=O)/C=C(C)/C=C/C=C(/C)C1=CC2=C(C)CCCC2(C)CC1. The van der Waals surface area contributed by atoms with Gasteiger partial charge >= 0.3 is 5.97 Å². The highest BCUT2D eigenvalue weighted by Crippen LogP contribution is 2.49. The Balaban J connectivity index is 2.11. The third-order valence-corrected chi connectivity index (χ3v) is 5.50. The minimum Gasteiger partial charge on any atom is -0.463 e. The lowest BCUT2D eigenvalue weighted by atomic mass is 9.65. The Bertz CT molecular complexity index is 670. The summed E-state index contributed by atoms with van der Waals surface area (Å²) in [5, 5.41) is 0. The number of ether oxygens (including phenoxy) is 1. The molecule has 0 aromatic carbocycles. The molecule has 2 aliphatic carbocycles. The van der Waals surface area contributed by atoms with E-state index >= 15 is 0 Å². The summed E-state index contributed by atoms with van der Waals surface area (Å²) in [6.45, 7) is 11.1. The van der Waals surface area contributed by atoms with E-state index in [1.807, 2.05) is 26.0 Å². The molecule has 0 amide bonds. The van der Waals surface area contributed by atoms with E-state index < -0.39 is 0 Å². The van der Waals surface area contributed by atoms with Crippen molar-refractivity contribution < 1.29 is 9.53 Å². The van der Waals surface area contributed by atoms with Crippen molar-refractivity contribution in [3.05, 3.63) is 58.2 Å². The second kappa shape index (κ2) is 8.51. The first kappa shape index (κ1) is 19.5. The molecule has 2 rings (SSSR count). The van der Waals surface area contributed by atoms with Gasteiger partial charge in [0.15, 0.2) is 0 Å². The highest BCUT2D eigenvalue weighted by atomic mass is 16.5. The van der Waals surface area contributed by atoms with E-state index in [0.717, 1.165) is 12.0 Å². The fourth-order valence-corrected chi connectivity index (χ4v) is 3.92. The zero-order valence-electron chi connectivity index (χ0n) is 16.4. The Morgan fingerprint density at radius 1 is 1.28 bits per heavy atom. The number of allylic oxidation sites excluding steroid dienone is 9. The molecular weight excluding hydrogens is 308 g/mol. The van der Waals surface area contributed by atoms with Crippen molar-refractivity contribution in [3.8, 4) is 0 Å². The summed E-state index contributed by atoms with van der Waals surface area (Å²) in [4.78, 5) is 11.4. The summed E-state index contributed by atoms with van der Waals surface area (Å²) in [6, 6.07) is 0. The quantitative estimate of drug-likeness (QED) is 0.337. The average molecular weight is 341 g/mol. The van der Waals surface area contributed by atoms with Crippen LogP contribution in [0.3, 0.4) is 0 Å². The standard InChI is InChI=1S/C23H32O2/c1-6-25-22(24)15-17(2)9-7-10-18(3)20-12-14-23(5)13-8-11-19(4)21(23)16-20/h7,9-10,15-16H,6,8,11-14H2,1-5H3/b9-7+,17-15+,18-10-. The first-order chi connectivity index (χ1) is 11.9. The van der Waals surface area contributed by atoms with Crippen LogP contribution in [-0.4, -0.2) is 12.6 Å². The molecule has 2 heteroatoms. The molecule has 0 spiro atoms. The average Bonchev–Trinajstić information content (AvgIpc) is 2.54. The van der Waals surface area contributed by atoms with Gasteiger partial charge in [0.2, 0.25) is 0 Å². The Morgan fingerprint density at radius 2 is 2.04 bits per heavy atom. The fraction of sp³-hybridized carbons (Fsp3) is 0.522. The van der Waals surface area contributed by atoms with E-state index in [9.17, 15) is 4.79 Å². The van der Waals surface area contributed by atoms with Crippen molar-refractivity contribution in [1.82, 2.24) is 0 Å². The van der Waals surface area contributed by atoms with Gasteiger partial charge in [-0.3, -0.25) is 0 Å². The molecule has 1 unspecified atom stereocenters. The van der Waals surface area contributed by atoms with E-state index in [1.54, 1.807) is 11.1 Å². The Hall–Kier alpha value is -1.83. The zero-order chi connectivity index (χ0) is 18.4. The van der Waals surface area contributed by atoms with Gasteiger partial charge in [-0.2, -0.15) is 0 Å². The molecule has 0 radical (unpaired) electrons. The lowest BCUT2D eigenvalue weighted by Crippen LogP contribution is -2.26. The summed E-state index contributed by atoms with van der Waals surface area (Å²) in [5.41, 5.74) is 7.20. The zero-order valence-corrected chi connectivity index (χ0v) is 16.4. The van der Waals surface area contributed by atoms with Crippen LogP contribution in [0.25, 0.3) is 0 Å². The molecule has 0 aromatic rings. The van der Waals surface area contributed by atoms with Gasteiger partial charge < -0.3 is 4.74 Å². The third kappa shape index (κ3) is 5.07. The number of fused-ring (bicyclic) bond motifs is 1. The highest BCUT2D eigenvalue weighted by Gasteiger charge is 2.34. The van der Waals surface area contributed by atoms with Gasteiger partial charge in [-0.25, -0.2) is 4.79 Å². The van der Waals surface area contributed by atoms with Crippen molar-refractivity contribution in [2.24, 2.45) is 5.41 Å². The topological polar surface area (TPSA) is 26.3 Å². The van der Waals surface area contributed by atoms with Crippen LogP contribution >= 0.6 is 0 Å². The van der Waals surface area contributed by atoms with E-state index in [0.29, 0.717) is 12.0 Å². The molecule has 0 aromatic heterocycles. The predicted octanol–water partition coefficient (Wildman–Crippen LogP) is 6.23. The molecular formula is C23H32O2. The largest absolute Gasteiger partial charge is 0.463 e. The number of hydrogen-bond donors (Lipinski definition) is 0. The van der Waals surface area contributed by atoms with E-state index in [-0.39, 0.29) is 5.97 Å². The first-order valence-electron chi connectivity index (χ1n) is 9.47. The second-order valence-corrected chi connectivity index (χ2v) is 7.63. The molecule has 0 fully saturated rings. The number of hydrogen-bond acceptors (Lipinski definition) is 2. The van der Waals surface area contributed by atoms with Crippen molar-refractivity contribution >= 4 is 5.97 Å². The predicted molar refractivity (Wildman–Crippen MR) is 105 cm³/mol. The lowest BCUT2D eigenvalue weighted by molar-refractivity contribution is -0.137. The van der Waals surface area contributed by atoms with E-state index in [4.69, 9.17) is 4.74 Å². The Kier molecular flexibility index (Phi) is 6.64. The molecule has 0 saturated heterocycles. The molecule has 2 aliphatic rings. The highest BCUT2D eigenvalue weighted by molar-refractivity contribution is 5.83. The maximum Gasteiger partial charge on any atom is 0.330 e. The number of carbonyl (C=O) groups is 1. The van der Waals surface area contributed by atoms with Crippen LogP contribution in [0.15, 0.2) is 58.2 Å². The number of carbonyl (C=O) groups excluding carboxylic acids is 1. The Morgan fingerprint density at radius 3 is 2.76 bits per heavy atom. The van der Waals surface area contributed by atoms with Crippen LogP contribution in [0.2, 0.25) is 0 Å². The first-order valence-corrected chi connectivity index (χ1v) is 9.47. The molecule has 1 atom stereocenters. The maximum absolute atomic E-state index is 11.4. The Labute approximate surface area is 153 Å². The molecule has 136 valence electrons. The van der Waals surface area contributed by atoms with Crippen molar-refractivity contribution in [1.29, 1.82) is 0 Å². The molecule has 25 heavy (non-hydrogen) atoms. The molecule has 0 heterocycles. The van der Waals surface area contributed by atoms with Crippen molar-refractivity contribution in [2.45, 2.75) is 66.7 Å². The van der Waals surface area contributed by atoms with Gasteiger partial charge in [0, 0.05) is 6.08 Å². The summed E-state index contributed by atoms with van der Waals surface area (Å²) in [6.07, 6.45) is 16.4. The summed E-state index contributed by atoms with van der Waals surface area (Å²) < 4.78 is 4.93.